The number of rotatable bonds is 4. The summed E-state index contributed by atoms with van der Waals surface area (Å²) in [6.07, 6.45) is 6.06. The van der Waals surface area contributed by atoms with Crippen LogP contribution in [0.25, 0.3) is 0 Å². The average Bonchev–Trinajstić information content (AvgIpc) is 2.56. The van der Waals surface area contributed by atoms with E-state index < -0.39 is 5.91 Å². The first-order chi connectivity index (χ1) is 11.0. The number of nitrogens with zero attached hydrogens (tertiary/aromatic N) is 2. The number of nitriles is 1. The van der Waals surface area contributed by atoms with Crippen LogP contribution in [0.15, 0.2) is 30.0 Å². The van der Waals surface area contributed by atoms with Gasteiger partial charge >= 0.3 is 0 Å². The topological polar surface area (TPSA) is 82.2 Å². The summed E-state index contributed by atoms with van der Waals surface area (Å²) in [5.41, 5.74) is 6.70. The second kappa shape index (κ2) is 7.89. The third-order valence-electron chi connectivity index (χ3n) is 4.06. The molecular weight excluding hydrogens is 312 g/mol. The Morgan fingerprint density at radius 2 is 2.35 bits per heavy atom. The summed E-state index contributed by atoms with van der Waals surface area (Å²) in [7, 11) is 0. The molecule has 1 aliphatic rings. The first kappa shape index (κ1) is 17.2. The van der Waals surface area contributed by atoms with Gasteiger partial charge in [-0.2, -0.15) is 5.26 Å². The Hall–Kier alpha value is -2.19. The van der Waals surface area contributed by atoms with Crippen molar-refractivity contribution in [2.24, 2.45) is 0 Å². The highest BCUT2D eigenvalue weighted by Gasteiger charge is 2.20. The summed E-state index contributed by atoms with van der Waals surface area (Å²) in [6.45, 7) is 3.00. The average molecular weight is 333 g/mol. The number of hydrogen-bond acceptors (Lipinski definition) is 4. The predicted molar refractivity (Wildman–Crippen MR) is 92.8 cm³/mol. The maximum Gasteiger partial charge on any atom is 0.267 e. The van der Waals surface area contributed by atoms with Crippen molar-refractivity contribution >= 4 is 28.9 Å². The monoisotopic (exact) mass is 332 g/mol. The zero-order valence-corrected chi connectivity index (χ0v) is 13.9. The van der Waals surface area contributed by atoms with E-state index in [1.807, 2.05) is 6.07 Å². The first-order valence-electron chi connectivity index (χ1n) is 7.79. The first-order valence-corrected chi connectivity index (χ1v) is 8.17. The number of carbonyl (C=O) groups excluding carboxylic acids is 1. The molecule has 0 spiro atoms. The van der Waals surface area contributed by atoms with E-state index in [0.29, 0.717) is 22.4 Å². The zero-order chi connectivity index (χ0) is 16.8. The number of piperidine rings is 1. The molecule has 0 saturated carbocycles. The van der Waals surface area contributed by atoms with Gasteiger partial charge in [0.2, 0.25) is 0 Å². The molecule has 0 radical (unpaired) electrons. The van der Waals surface area contributed by atoms with Gasteiger partial charge in [-0.05, 0) is 43.9 Å². The molecule has 1 fully saturated rings. The minimum Gasteiger partial charge on any atom is -0.398 e. The van der Waals surface area contributed by atoms with Gasteiger partial charge in [-0.15, -0.1) is 0 Å². The number of carbonyl (C=O) groups is 1. The maximum atomic E-state index is 12.3. The smallest absolute Gasteiger partial charge is 0.267 e. The Bertz CT molecular complexity index is 650. The molecular formula is C17H21ClN4O. The molecule has 1 amide bonds. The minimum atomic E-state index is -0.436. The van der Waals surface area contributed by atoms with Gasteiger partial charge in [-0.1, -0.05) is 18.5 Å². The summed E-state index contributed by atoms with van der Waals surface area (Å²) in [5, 5.41) is 12.4. The van der Waals surface area contributed by atoms with E-state index in [1.165, 1.54) is 6.42 Å². The second-order valence-electron chi connectivity index (χ2n) is 5.64. The predicted octanol–water partition coefficient (Wildman–Crippen LogP) is 3.53. The molecule has 0 aliphatic carbocycles. The molecule has 23 heavy (non-hydrogen) atoms. The van der Waals surface area contributed by atoms with Crippen molar-refractivity contribution < 1.29 is 4.79 Å². The van der Waals surface area contributed by atoms with Crippen molar-refractivity contribution in [3.05, 3.63) is 35.0 Å². The third kappa shape index (κ3) is 4.40. The number of anilines is 2. The van der Waals surface area contributed by atoms with Crippen LogP contribution >= 0.6 is 11.6 Å². The fraction of sp³-hybridized carbons (Fsp3) is 0.412. The molecule has 1 aliphatic heterocycles. The van der Waals surface area contributed by atoms with E-state index in [2.05, 4.69) is 17.1 Å². The Morgan fingerprint density at radius 1 is 1.57 bits per heavy atom. The SMILES string of the molecule is CCC1CCCCN1/C=C(/C#N)C(=O)Nc1ccc(N)c(Cl)c1. The summed E-state index contributed by atoms with van der Waals surface area (Å²) < 4.78 is 0. The maximum absolute atomic E-state index is 12.3. The van der Waals surface area contributed by atoms with E-state index >= 15 is 0 Å². The molecule has 0 aromatic heterocycles. The van der Waals surface area contributed by atoms with Crippen LogP contribution in [0.3, 0.4) is 0 Å². The lowest BCUT2D eigenvalue weighted by Gasteiger charge is -2.34. The van der Waals surface area contributed by atoms with Crippen molar-refractivity contribution in [2.75, 3.05) is 17.6 Å². The largest absolute Gasteiger partial charge is 0.398 e. The van der Waals surface area contributed by atoms with Crippen LogP contribution in [-0.4, -0.2) is 23.4 Å². The summed E-state index contributed by atoms with van der Waals surface area (Å²) in [6, 6.07) is 7.23. The van der Waals surface area contributed by atoms with Gasteiger partial charge in [0.15, 0.2) is 0 Å². The Balaban J connectivity index is 2.12. The summed E-state index contributed by atoms with van der Waals surface area (Å²) in [5.74, 6) is -0.436. The number of likely N-dealkylation sites (tertiary alicyclic amines) is 1. The van der Waals surface area contributed by atoms with Crippen LogP contribution in [0.4, 0.5) is 11.4 Å². The molecule has 0 bridgehead atoms. The van der Waals surface area contributed by atoms with Crippen LogP contribution in [-0.2, 0) is 4.79 Å². The Labute approximate surface area is 141 Å². The highest BCUT2D eigenvalue weighted by atomic mass is 35.5. The van der Waals surface area contributed by atoms with Crippen LogP contribution < -0.4 is 11.1 Å². The lowest BCUT2D eigenvalue weighted by molar-refractivity contribution is -0.112. The zero-order valence-electron chi connectivity index (χ0n) is 13.2. The number of hydrogen-bond donors (Lipinski definition) is 2. The Morgan fingerprint density at radius 3 is 3.00 bits per heavy atom. The molecule has 122 valence electrons. The molecule has 1 aromatic rings. The van der Waals surface area contributed by atoms with E-state index in [0.717, 1.165) is 25.8 Å². The van der Waals surface area contributed by atoms with Gasteiger partial charge in [-0.3, -0.25) is 4.79 Å². The summed E-state index contributed by atoms with van der Waals surface area (Å²) >= 11 is 5.94. The van der Waals surface area contributed by atoms with Gasteiger partial charge in [-0.25, -0.2) is 0 Å². The van der Waals surface area contributed by atoms with Crippen molar-refractivity contribution in [3.8, 4) is 6.07 Å². The molecule has 6 heteroatoms. The lowest BCUT2D eigenvalue weighted by Crippen LogP contribution is -2.35. The standard InChI is InChI=1S/C17H21ClN4O/c1-2-14-5-3-4-8-22(14)11-12(10-19)17(23)21-13-6-7-16(20)15(18)9-13/h6-7,9,11,14H,2-5,8,20H2,1H3,(H,21,23)/b12-11-. The van der Waals surface area contributed by atoms with Crippen molar-refractivity contribution in [1.82, 2.24) is 4.90 Å². The van der Waals surface area contributed by atoms with Gasteiger partial charge in [0.1, 0.15) is 11.6 Å². The van der Waals surface area contributed by atoms with Crippen molar-refractivity contribution in [3.63, 3.8) is 0 Å². The van der Waals surface area contributed by atoms with Gasteiger partial charge < -0.3 is 16.0 Å². The number of benzene rings is 1. The number of nitrogens with one attached hydrogen (secondary N) is 1. The van der Waals surface area contributed by atoms with Gasteiger partial charge in [0.25, 0.3) is 5.91 Å². The fourth-order valence-corrected chi connectivity index (χ4v) is 2.92. The van der Waals surface area contributed by atoms with Gasteiger partial charge in [0.05, 0.1) is 10.7 Å². The highest BCUT2D eigenvalue weighted by Crippen LogP contribution is 2.23. The number of nitrogen functional groups attached to an aromatic ring is 1. The molecule has 1 aromatic carbocycles. The van der Waals surface area contributed by atoms with E-state index in [4.69, 9.17) is 17.3 Å². The molecule has 1 saturated heterocycles. The van der Waals surface area contributed by atoms with E-state index in [9.17, 15) is 10.1 Å². The molecule has 1 atom stereocenters. The van der Waals surface area contributed by atoms with Crippen LogP contribution in [0.1, 0.15) is 32.6 Å². The van der Waals surface area contributed by atoms with Crippen LogP contribution in [0.2, 0.25) is 5.02 Å². The van der Waals surface area contributed by atoms with Crippen LogP contribution in [0, 0.1) is 11.3 Å². The normalized spacial score (nSPS) is 18.4. The summed E-state index contributed by atoms with van der Waals surface area (Å²) in [4.78, 5) is 14.4. The van der Waals surface area contributed by atoms with E-state index in [1.54, 1.807) is 24.4 Å². The van der Waals surface area contributed by atoms with Crippen molar-refractivity contribution in [2.45, 2.75) is 38.6 Å². The van der Waals surface area contributed by atoms with Gasteiger partial charge in [0, 0.05) is 24.5 Å². The highest BCUT2D eigenvalue weighted by molar-refractivity contribution is 6.33. The molecule has 2 rings (SSSR count). The molecule has 1 heterocycles. The number of halogens is 1. The number of nitrogens with two attached hydrogens (primary N) is 1. The van der Waals surface area contributed by atoms with E-state index in [-0.39, 0.29) is 5.57 Å². The Kier molecular flexibility index (Phi) is 5.89. The second-order valence-corrected chi connectivity index (χ2v) is 6.05. The van der Waals surface area contributed by atoms with Crippen molar-refractivity contribution in [1.29, 1.82) is 5.26 Å². The molecule has 5 nitrogen and oxygen atoms in total. The molecule has 3 N–H and O–H groups in total. The quantitative estimate of drug-likeness (QED) is 0.502. The fourth-order valence-electron chi connectivity index (χ4n) is 2.74. The number of amides is 1. The third-order valence-corrected chi connectivity index (χ3v) is 4.39. The van der Waals surface area contributed by atoms with Crippen LogP contribution in [0.5, 0.6) is 0 Å². The minimum absolute atomic E-state index is 0.0956. The lowest BCUT2D eigenvalue weighted by atomic mass is 10.0. The molecule has 1 unspecified atom stereocenters.